The molecule has 5 rings (SSSR count). The van der Waals surface area contributed by atoms with Gasteiger partial charge in [0, 0.05) is 0 Å². The van der Waals surface area contributed by atoms with Crippen molar-refractivity contribution in [1.82, 2.24) is 0 Å². The highest BCUT2D eigenvalue weighted by atomic mass is 16.4. The van der Waals surface area contributed by atoms with Crippen LogP contribution in [0.15, 0.2) is 0 Å². The summed E-state index contributed by atoms with van der Waals surface area (Å²) in [5.74, 6) is 4.91. The molecule has 5 aliphatic rings. The van der Waals surface area contributed by atoms with Gasteiger partial charge < -0.3 is 5.11 Å². The van der Waals surface area contributed by atoms with Gasteiger partial charge in [0.1, 0.15) is 0 Å². The number of carbonyl (C=O) groups is 1. The number of carboxylic acids is 1. The maximum Gasteiger partial charge on any atom is 0.309 e. The van der Waals surface area contributed by atoms with Crippen LogP contribution in [0.2, 0.25) is 0 Å². The molecule has 0 aromatic heterocycles. The first-order chi connectivity index (χ1) is 16.2. The summed E-state index contributed by atoms with van der Waals surface area (Å²) in [5, 5.41) is 10.6. The van der Waals surface area contributed by atoms with E-state index in [0.29, 0.717) is 39.9 Å². The van der Waals surface area contributed by atoms with Gasteiger partial charge in [-0.1, -0.05) is 62.3 Å². The Labute approximate surface area is 216 Å². The van der Waals surface area contributed by atoms with Crippen LogP contribution in [-0.2, 0) is 4.79 Å². The lowest BCUT2D eigenvalue weighted by atomic mass is 9.31. The number of carboxylic acid groups (broad SMARTS) is 1. The maximum atomic E-state index is 12.9. The van der Waals surface area contributed by atoms with Gasteiger partial charge in [0.25, 0.3) is 0 Å². The van der Waals surface area contributed by atoms with Gasteiger partial charge >= 0.3 is 5.97 Å². The minimum Gasteiger partial charge on any atom is -0.481 e. The molecule has 10 atom stereocenters. The Morgan fingerprint density at radius 2 is 1.40 bits per heavy atom. The van der Waals surface area contributed by atoms with Crippen LogP contribution < -0.4 is 0 Å². The Kier molecular flexibility index (Phi) is 5.95. The van der Waals surface area contributed by atoms with Crippen LogP contribution >= 0.6 is 0 Å². The van der Waals surface area contributed by atoms with Crippen molar-refractivity contribution in [3.8, 4) is 0 Å². The molecule has 1 N–H and O–H groups in total. The van der Waals surface area contributed by atoms with Crippen LogP contribution in [0.3, 0.4) is 0 Å². The predicted octanol–water partition coefficient (Wildman–Crippen LogP) is 9.08. The Balaban J connectivity index is 1.54. The predicted molar refractivity (Wildman–Crippen MR) is 145 cm³/mol. The van der Waals surface area contributed by atoms with Crippen molar-refractivity contribution >= 4 is 5.97 Å². The van der Waals surface area contributed by atoms with Crippen molar-refractivity contribution in [3.05, 3.63) is 0 Å². The SMILES string of the molecule is CC(C)C1CC[C@]2(C)[C@H]3CC[C@@H]4[C@H]5[C@H](C(C)C)CC[C@]5(C(=O)O)CC[C@@]4(C)[C@]3(C)CC[C@H]2C1(C)C. The lowest BCUT2D eigenvalue weighted by Crippen LogP contribution is -2.66. The molecular formula is C33H56O2. The summed E-state index contributed by atoms with van der Waals surface area (Å²) in [7, 11) is 0. The van der Waals surface area contributed by atoms with Crippen LogP contribution in [0.1, 0.15) is 127 Å². The summed E-state index contributed by atoms with van der Waals surface area (Å²) >= 11 is 0. The molecule has 1 unspecified atom stereocenters. The molecule has 0 saturated heterocycles. The largest absolute Gasteiger partial charge is 0.481 e. The summed E-state index contributed by atoms with van der Waals surface area (Å²) in [6.07, 6.45) is 12.3. The number of fused-ring (bicyclic) bond motifs is 7. The van der Waals surface area contributed by atoms with Gasteiger partial charge in [0.05, 0.1) is 5.41 Å². The summed E-state index contributed by atoms with van der Waals surface area (Å²) in [6, 6.07) is 0. The fourth-order valence-electron chi connectivity index (χ4n) is 13.0. The molecular weight excluding hydrogens is 428 g/mol. The first-order valence-corrected chi connectivity index (χ1v) is 15.4. The number of hydrogen-bond donors (Lipinski definition) is 1. The summed E-state index contributed by atoms with van der Waals surface area (Å²) in [4.78, 5) is 12.9. The van der Waals surface area contributed by atoms with Crippen LogP contribution in [0, 0.1) is 74.4 Å². The van der Waals surface area contributed by atoms with E-state index in [1.54, 1.807) is 0 Å². The molecule has 2 nitrogen and oxygen atoms in total. The molecule has 0 bridgehead atoms. The highest BCUT2D eigenvalue weighted by Crippen LogP contribution is 2.78. The Morgan fingerprint density at radius 3 is 2.00 bits per heavy atom. The Morgan fingerprint density at radius 1 is 0.714 bits per heavy atom. The lowest BCUT2D eigenvalue weighted by Gasteiger charge is -2.73. The van der Waals surface area contributed by atoms with Crippen LogP contribution in [0.5, 0.6) is 0 Å². The second-order valence-electron chi connectivity index (χ2n) is 16.3. The molecule has 0 aromatic rings. The quantitative estimate of drug-likeness (QED) is 0.433. The third-order valence-corrected chi connectivity index (χ3v) is 14.7. The number of aliphatic carboxylic acids is 1. The molecule has 0 spiro atoms. The van der Waals surface area contributed by atoms with Crippen LogP contribution in [-0.4, -0.2) is 11.1 Å². The molecule has 0 aromatic carbocycles. The molecule has 200 valence electrons. The topological polar surface area (TPSA) is 37.3 Å². The van der Waals surface area contributed by atoms with E-state index < -0.39 is 11.4 Å². The van der Waals surface area contributed by atoms with Gasteiger partial charge in [-0.05, 0) is 133 Å². The summed E-state index contributed by atoms with van der Waals surface area (Å²) < 4.78 is 0. The zero-order chi connectivity index (χ0) is 25.8. The van der Waals surface area contributed by atoms with E-state index in [1.165, 1.54) is 38.5 Å². The fraction of sp³-hybridized carbons (Fsp3) is 0.970. The van der Waals surface area contributed by atoms with Gasteiger partial charge in [-0.3, -0.25) is 4.79 Å². The molecule has 0 heterocycles. The highest BCUT2D eigenvalue weighted by molar-refractivity contribution is 5.76. The third kappa shape index (κ3) is 3.16. The highest BCUT2D eigenvalue weighted by Gasteiger charge is 2.72. The van der Waals surface area contributed by atoms with Gasteiger partial charge in [-0.15, -0.1) is 0 Å². The van der Waals surface area contributed by atoms with Gasteiger partial charge in [0.15, 0.2) is 0 Å². The minimum absolute atomic E-state index is 0.282. The number of rotatable bonds is 3. The second-order valence-corrected chi connectivity index (χ2v) is 16.3. The standard InChI is InChI=1S/C33H56O2/c1-20(2)22-12-17-33(28(34)35)19-18-31(8)24(27(22)33)10-11-26-30(7)15-13-23(21(3)4)29(5,6)25(30)14-16-32(26,31)9/h20-27H,10-19H2,1-9H3,(H,34,35)/t22-,23?,24+,25-,26+,27+,30-,31+,32+,33-/m0/s1. The van der Waals surface area contributed by atoms with Gasteiger partial charge in [-0.25, -0.2) is 0 Å². The molecule has 0 aliphatic heterocycles. The number of hydrogen-bond acceptors (Lipinski definition) is 1. The molecule has 0 amide bonds. The zero-order valence-corrected chi connectivity index (χ0v) is 24.5. The normalized spacial score (nSPS) is 53.0. The minimum atomic E-state index is -0.468. The Hall–Kier alpha value is -0.530. The van der Waals surface area contributed by atoms with Gasteiger partial charge in [0.2, 0.25) is 0 Å². The van der Waals surface area contributed by atoms with Gasteiger partial charge in [-0.2, -0.15) is 0 Å². The van der Waals surface area contributed by atoms with E-state index in [4.69, 9.17) is 0 Å². The smallest absolute Gasteiger partial charge is 0.309 e. The summed E-state index contributed by atoms with van der Waals surface area (Å²) in [5.41, 5.74) is 1.03. The zero-order valence-electron chi connectivity index (χ0n) is 24.5. The van der Waals surface area contributed by atoms with Crippen molar-refractivity contribution < 1.29 is 9.90 Å². The van der Waals surface area contributed by atoms with E-state index in [1.807, 2.05) is 0 Å². The van der Waals surface area contributed by atoms with Crippen molar-refractivity contribution in [2.24, 2.45) is 74.4 Å². The first kappa shape index (κ1) is 26.1. The van der Waals surface area contributed by atoms with E-state index in [0.717, 1.165) is 49.4 Å². The van der Waals surface area contributed by atoms with E-state index in [-0.39, 0.29) is 5.41 Å². The van der Waals surface area contributed by atoms with Crippen LogP contribution in [0.25, 0.3) is 0 Å². The van der Waals surface area contributed by atoms with E-state index >= 15 is 0 Å². The monoisotopic (exact) mass is 484 g/mol. The fourth-order valence-corrected chi connectivity index (χ4v) is 13.0. The van der Waals surface area contributed by atoms with E-state index in [2.05, 4.69) is 62.3 Å². The molecule has 5 saturated carbocycles. The van der Waals surface area contributed by atoms with E-state index in [9.17, 15) is 9.90 Å². The molecule has 35 heavy (non-hydrogen) atoms. The van der Waals surface area contributed by atoms with Crippen molar-refractivity contribution in [2.75, 3.05) is 0 Å². The van der Waals surface area contributed by atoms with Crippen molar-refractivity contribution in [3.63, 3.8) is 0 Å². The van der Waals surface area contributed by atoms with Crippen molar-refractivity contribution in [2.45, 2.75) is 127 Å². The molecule has 5 aliphatic carbocycles. The first-order valence-electron chi connectivity index (χ1n) is 15.4. The average molecular weight is 485 g/mol. The molecule has 5 fully saturated rings. The summed E-state index contributed by atoms with van der Waals surface area (Å²) in [6.45, 7) is 22.9. The third-order valence-electron chi connectivity index (χ3n) is 14.7. The molecule has 2 heteroatoms. The maximum absolute atomic E-state index is 12.9. The lowest BCUT2D eigenvalue weighted by molar-refractivity contribution is -0.246. The molecule has 0 radical (unpaired) electrons. The second kappa shape index (κ2) is 7.99. The Bertz CT molecular complexity index is 857. The van der Waals surface area contributed by atoms with Crippen LogP contribution in [0.4, 0.5) is 0 Å². The average Bonchev–Trinajstić information content (AvgIpc) is 3.15. The van der Waals surface area contributed by atoms with Crippen molar-refractivity contribution in [1.29, 1.82) is 0 Å².